The normalized spacial score (nSPS) is 23.1. The van der Waals surface area contributed by atoms with Crippen molar-refractivity contribution in [3.63, 3.8) is 0 Å². The van der Waals surface area contributed by atoms with Crippen LogP contribution in [0.25, 0.3) is 0 Å². The van der Waals surface area contributed by atoms with E-state index < -0.39 is 10.0 Å². The largest absolute Gasteiger partial charge is 0.310 e. The van der Waals surface area contributed by atoms with Crippen LogP contribution in [0.15, 0.2) is 29.2 Å². The van der Waals surface area contributed by atoms with Gasteiger partial charge < -0.3 is 5.32 Å². The fourth-order valence-corrected chi connectivity index (χ4v) is 3.74. The summed E-state index contributed by atoms with van der Waals surface area (Å²) >= 11 is 0. The van der Waals surface area contributed by atoms with Gasteiger partial charge in [-0.3, -0.25) is 0 Å². The van der Waals surface area contributed by atoms with E-state index in [1.165, 1.54) is 44.6 Å². The minimum absolute atomic E-state index is 0.188. The van der Waals surface area contributed by atoms with Crippen molar-refractivity contribution in [1.29, 1.82) is 0 Å². The third kappa shape index (κ3) is 5.09. The molecule has 0 spiro atoms. The zero-order valence-corrected chi connectivity index (χ0v) is 13.5. The Morgan fingerprint density at radius 2 is 1.95 bits per heavy atom. The Kier molecular flexibility index (Phi) is 5.79. The highest BCUT2D eigenvalue weighted by molar-refractivity contribution is 7.89. The summed E-state index contributed by atoms with van der Waals surface area (Å²) in [5, 5.41) is 8.70. The predicted octanol–water partition coefficient (Wildman–Crippen LogP) is 2.78. The Balaban J connectivity index is 1.84. The number of hydrogen-bond acceptors (Lipinski definition) is 3. The molecule has 0 bridgehead atoms. The van der Waals surface area contributed by atoms with Gasteiger partial charge in [0.05, 0.1) is 4.90 Å². The monoisotopic (exact) mass is 310 g/mol. The van der Waals surface area contributed by atoms with Gasteiger partial charge in [0.25, 0.3) is 0 Å². The lowest BCUT2D eigenvalue weighted by atomic mass is 9.83. The number of sulfonamides is 1. The van der Waals surface area contributed by atoms with E-state index in [4.69, 9.17) is 5.14 Å². The Hall–Kier alpha value is -0.910. The van der Waals surface area contributed by atoms with Gasteiger partial charge in [0.15, 0.2) is 0 Å². The Labute approximate surface area is 128 Å². The first kappa shape index (κ1) is 16.5. The number of hydrogen-bond donors (Lipinski definition) is 2. The highest BCUT2D eigenvalue weighted by Crippen LogP contribution is 2.27. The second-order valence-corrected chi connectivity index (χ2v) is 7.64. The topological polar surface area (TPSA) is 72.2 Å². The smallest absolute Gasteiger partial charge is 0.238 e. The van der Waals surface area contributed by atoms with Gasteiger partial charge in [0, 0.05) is 12.6 Å². The standard InChI is InChI=1S/C16H26N2O2S/c1-2-4-13-7-9-15(10-8-13)18-12-14-5-3-6-16(11-14)21(17,19)20/h3,5-6,11,13,15,18H,2,4,7-10,12H2,1H3,(H2,17,19,20). The zero-order chi connectivity index (χ0) is 15.3. The molecule has 3 N–H and O–H groups in total. The molecule has 118 valence electrons. The van der Waals surface area contributed by atoms with E-state index in [-0.39, 0.29) is 4.90 Å². The number of nitrogens with two attached hydrogens (primary N) is 1. The maximum atomic E-state index is 11.3. The molecule has 1 saturated carbocycles. The van der Waals surface area contributed by atoms with Crippen LogP contribution in [0.4, 0.5) is 0 Å². The average Bonchev–Trinajstić information content (AvgIpc) is 2.46. The van der Waals surface area contributed by atoms with E-state index in [2.05, 4.69) is 12.2 Å². The molecule has 1 aromatic carbocycles. The average molecular weight is 310 g/mol. The van der Waals surface area contributed by atoms with Gasteiger partial charge in [-0.05, 0) is 49.3 Å². The second-order valence-electron chi connectivity index (χ2n) is 6.08. The first-order valence-electron chi connectivity index (χ1n) is 7.84. The molecule has 0 heterocycles. The van der Waals surface area contributed by atoms with Gasteiger partial charge in [-0.25, -0.2) is 13.6 Å². The summed E-state index contributed by atoms with van der Waals surface area (Å²) in [6.07, 6.45) is 7.69. The molecule has 0 amide bonds. The van der Waals surface area contributed by atoms with E-state index in [9.17, 15) is 8.42 Å². The lowest BCUT2D eigenvalue weighted by Crippen LogP contribution is -2.32. The van der Waals surface area contributed by atoms with Crippen molar-refractivity contribution in [2.45, 2.75) is 62.9 Å². The molecule has 0 aromatic heterocycles. The van der Waals surface area contributed by atoms with Gasteiger partial charge in [0.2, 0.25) is 10.0 Å². The third-order valence-electron chi connectivity index (χ3n) is 4.37. The Morgan fingerprint density at radius 1 is 1.24 bits per heavy atom. The van der Waals surface area contributed by atoms with Crippen LogP contribution in [0, 0.1) is 5.92 Å². The summed E-state index contributed by atoms with van der Waals surface area (Å²) < 4.78 is 22.7. The molecule has 1 aliphatic carbocycles. The highest BCUT2D eigenvalue weighted by atomic mass is 32.2. The Bertz CT molecular complexity index is 549. The van der Waals surface area contributed by atoms with Crippen LogP contribution < -0.4 is 10.5 Å². The van der Waals surface area contributed by atoms with Crippen LogP contribution in [-0.4, -0.2) is 14.5 Å². The van der Waals surface area contributed by atoms with Gasteiger partial charge in [0.1, 0.15) is 0 Å². The number of benzene rings is 1. The van der Waals surface area contributed by atoms with Crippen LogP contribution in [0.5, 0.6) is 0 Å². The molecule has 1 fully saturated rings. The molecule has 0 aliphatic heterocycles. The Morgan fingerprint density at radius 3 is 2.57 bits per heavy atom. The molecule has 0 atom stereocenters. The van der Waals surface area contributed by atoms with Gasteiger partial charge in [-0.2, -0.15) is 0 Å². The minimum Gasteiger partial charge on any atom is -0.310 e. The quantitative estimate of drug-likeness (QED) is 0.848. The van der Waals surface area contributed by atoms with Crippen molar-refractivity contribution in [2.75, 3.05) is 0 Å². The molecule has 0 radical (unpaired) electrons. The summed E-state index contributed by atoms with van der Waals surface area (Å²) in [5.74, 6) is 0.902. The molecular weight excluding hydrogens is 284 g/mol. The third-order valence-corrected chi connectivity index (χ3v) is 5.28. The first-order chi connectivity index (χ1) is 9.99. The van der Waals surface area contributed by atoms with Crippen molar-refractivity contribution in [3.8, 4) is 0 Å². The predicted molar refractivity (Wildman–Crippen MR) is 85.3 cm³/mol. The van der Waals surface area contributed by atoms with E-state index in [0.29, 0.717) is 12.6 Å². The van der Waals surface area contributed by atoms with Gasteiger partial charge in [-0.15, -0.1) is 0 Å². The van der Waals surface area contributed by atoms with Crippen LogP contribution in [-0.2, 0) is 16.6 Å². The summed E-state index contributed by atoms with van der Waals surface area (Å²) in [6.45, 7) is 2.95. The molecule has 2 rings (SSSR count). The summed E-state index contributed by atoms with van der Waals surface area (Å²) in [5.41, 5.74) is 0.970. The number of rotatable bonds is 6. The summed E-state index contributed by atoms with van der Waals surface area (Å²) in [4.78, 5) is 0.188. The fraction of sp³-hybridized carbons (Fsp3) is 0.625. The van der Waals surface area contributed by atoms with E-state index in [0.717, 1.165) is 11.5 Å². The van der Waals surface area contributed by atoms with Gasteiger partial charge in [-0.1, -0.05) is 31.9 Å². The van der Waals surface area contributed by atoms with Crippen LogP contribution >= 0.6 is 0 Å². The molecule has 5 heteroatoms. The number of nitrogens with one attached hydrogen (secondary N) is 1. The maximum Gasteiger partial charge on any atom is 0.238 e. The minimum atomic E-state index is -3.61. The molecule has 1 aliphatic rings. The van der Waals surface area contributed by atoms with Crippen molar-refractivity contribution < 1.29 is 8.42 Å². The SMILES string of the molecule is CCCC1CCC(NCc2cccc(S(N)(=O)=O)c2)CC1. The zero-order valence-electron chi connectivity index (χ0n) is 12.7. The highest BCUT2D eigenvalue weighted by Gasteiger charge is 2.20. The van der Waals surface area contributed by atoms with Crippen LogP contribution in [0.3, 0.4) is 0 Å². The van der Waals surface area contributed by atoms with E-state index in [1.807, 2.05) is 6.07 Å². The van der Waals surface area contributed by atoms with Crippen molar-refractivity contribution >= 4 is 10.0 Å². The second kappa shape index (κ2) is 7.38. The maximum absolute atomic E-state index is 11.3. The summed E-state index contributed by atoms with van der Waals surface area (Å²) in [6, 6.07) is 7.43. The van der Waals surface area contributed by atoms with Gasteiger partial charge >= 0.3 is 0 Å². The van der Waals surface area contributed by atoms with E-state index in [1.54, 1.807) is 12.1 Å². The molecule has 0 saturated heterocycles. The fourth-order valence-electron chi connectivity index (χ4n) is 3.16. The molecule has 1 aromatic rings. The lowest BCUT2D eigenvalue weighted by molar-refractivity contribution is 0.277. The molecule has 0 unspecified atom stereocenters. The number of primary sulfonamides is 1. The summed E-state index contributed by atoms with van der Waals surface area (Å²) in [7, 11) is -3.61. The molecule has 4 nitrogen and oxygen atoms in total. The lowest BCUT2D eigenvalue weighted by Gasteiger charge is -2.29. The van der Waals surface area contributed by atoms with Crippen LogP contribution in [0.2, 0.25) is 0 Å². The van der Waals surface area contributed by atoms with Crippen molar-refractivity contribution in [1.82, 2.24) is 5.32 Å². The molecule has 21 heavy (non-hydrogen) atoms. The molecular formula is C16H26N2O2S. The van der Waals surface area contributed by atoms with Crippen molar-refractivity contribution in [3.05, 3.63) is 29.8 Å². The van der Waals surface area contributed by atoms with Crippen LogP contribution in [0.1, 0.15) is 51.0 Å². The van der Waals surface area contributed by atoms with E-state index >= 15 is 0 Å². The first-order valence-corrected chi connectivity index (χ1v) is 9.38. The van der Waals surface area contributed by atoms with Crippen molar-refractivity contribution in [2.24, 2.45) is 11.1 Å².